The zero-order valence-corrected chi connectivity index (χ0v) is 17.0. The van der Waals surface area contributed by atoms with Crippen LogP contribution in [-0.2, 0) is 23.8 Å². The maximum absolute atomic E-state index is 11.4. The smallest absolute Gasteiger partial charge is 0.217 e. The van der Waals surface area contributed by atoms with E-state index in [1.54, 1.807) is 0 Å². The number of aliphatic hydroxyl groups excluding tert-OH is 6. The number of aliphatic hydroxyl groups is 6. The van der Waals surface area contributed by atoms with Crippen molar-refractivity contribution in [1.82, 2.24) is 10.6 Å². The van der Waals surface area contributed by atoms with Crippen molar-refractivity contribution in [3.63, 3.8) is 0 Å². The van der Waals surface area contributed by atoms with Crippen LogP contribution in [0, 0.1) is 0 Å². The highest BCUT2D eigenvalue weighted by Crippen LogP contribution is 2.23. The summed E-state index contributed by atoms with van der Waals surface area (Å²) in [6.45, 7) is 2.04. The van der Waals surface area contributed by atoms with Crippen molar-refractivity contribution < 1.29 is 54.4 Å². The van der Waals surface area contributed by atoms with Crippen molar-refractivity contribution in [2.45, 2.75) is 76.0 Å². The molecule has 13 heteroatoms. The predicted molar refractivity (Wildman–Crippen MR) is 98.6 cm³/mol. The molecule has 7 unspecified atom stereocenters. The first kappa shape index (κ1) is 26.6. The lowest BCUT2D eigenvalue weighted by Crippen LogP contribution is -2.64. The SMILES string of the molecule is CC(=O)NC1C(OCC(OC(O)[C@H](CO)NC(C)=O)[C@@H](C)O)OC(CO)C(O)C1O. The number of amides is 2. The van der Waals surface area contributed by atoms with Crippen molar-refractivity contribution in [1.29, 1.82) is 0 Å². The number of hydrogen-bond acceptors (Lipinski definition) is 11. The number of ether oxygens (including phenoxy) is 3. The van der Waals surface area contributed by atoms with Gasteiger partial charge in [0.2, 0.25) is 11.8 Å². The van der Waals surface area contributed by atoms with Crippen molar-refractivity contribution in [2.75, 3.05) is 19.8 Å². The van der Waals surface area contributed by atoms with Gasteiger partial charge in [-0.15, -0.1) is 0 Å². The van der Waals surface area contributed by atoms with E-state index in [0.29, 0.717) is 0 Å². The van der Waals surface area contributed by atoms with Gasteiger partial charge < -0.3 is 55.5 Å². The van der Waals surface area contributed by atoms with Gasteiger partial charge in [0, 0.05) is 13.8 Å². The highest BCUT2D eigenvalue weighted by molar-refractivity contribution is 5.73. The second kappa shape index (κ2) is 12.4. The third-order valence-electron chi connectivity index (χ3n) is 4.46. The molecule has 0 aromatic rings. The summed E-state index contributed by atoms with van der Waals surface area (Å²) in [5, 5.41) is 63.5. The molecular formula is C17H32N2O11. The highest BCUT2D eigenvalue weighted by atomic mass is 16.7. The van der Waals surface area contributed by atoms with Crippen molar-refractivity contribution >= 4 is 11.8 Å². The van der Waals surface area contributed by atoms with Gasteiger partial charge in [0.25, 0.3) is 0 Å². The molecule has 1 aliphatic rings. The number of carbonyl (C=O) groups is 2. The minimum absolute atomic E-state index is 0.408. The first-order valence-corrected chi connectivity index (χ1v) is 9.42. The fraction of sp³-hybridized carbons (Fsp3) is 0.882. The van der Waals surface area contributed by atoms with E-state index in [9.17, 15) is 40.2 Å². The molecule has 176 valence electrons. The summed E-state index contributed by atoms with van der Waals surface area (Å²) in [6.07, 6.45) is -9.54. The lowest BCUT2D eigenvalue weighted by molar-refractivity contribution is -0.283. The third kappa shape index (κ3) is 7.68. The summed E-state index contributed by atoms with van der Waals surface area (Å²) < 4.78 is 16.2. The lowest BCUT2D eigenvalue weighted by atomic mass is 9.97. The minimum Gasteiger partial charge on any atom is -0.394 e. The Labute approximate surface area is 173 Å². The van der Waals surface area contributed by atoms with Crippen LogP contribution in [0.3, 0.4) is 0 Å². The van der Waals surface area contributed by atoms with Crippen LogP contribution in [0.1, 0.15) is 20.8 Å². The maximum Gasteiger partial charge on any atom is 0.217 e. The highest BCUT2D eigenvalue weighted by Gasteiger charge is 2.45. The normalized spacial score (nSPS) is 30.8. The molecule has 0 radical (unpaired) electrons. The summed E-state index contributed by atoms with van der Waals surface area (Å²) in [6, 6.07) is -2.35. The molecule has 2 amide bonds. The molecule has 30 heavy (non-hydrogen) atoms. The molecule has 8 N–H and O–H groups in total. The standard InChI is InChI=1S/C17H32N2O11/c1-7(22)12(29-16(27)10(4-20)18-8(2)23)6-28-17-13(19-9(3)24)15(26)14(25)11(5-21)30-17/h7,10-17,20-22,25-27H,4-6H2,1-3H3,(H,18,23)(H,19,24)/t7-,10+,11?,12?,13?,14?,15?,16?,17?/m1/s1. The summed E-state index contributed by atoms with van der Waals surface area (Å²) in [4.78, 5) is 22.6. The third-order valence-corrected chi connectivity index (χ3v) is 4.46. The molecule has 1 saturated heterocycles. The van der Waals surface area contributed by atoms with Crippen LogP contribution in [0.5, 0.6) is 0 Å². The van der Waals surface area contributed by atoms with Crippen molar-refractivity contribution in [3.05, 3.63) is 0 Å². The molecule has 1 heterocycles. The average molecular weight is 440 g/mol. The zero-order valence-electron chi connectivity index (χ0n) is 17.0. The predicted octanol–water partition coefficient (Wildman–Crippen LogP) is -4.47. The van der Waals surface area contributed by atoms with E-state index in [0.717, 1.165) is 0 Å². The molecule has 9 atom stereocenters. The fourth-order valence-electron chi connectivity index (χ4n) is 2.84. The van der Waals surface area contributed by atoms with E-state index >= 15 is 0 Å². The number of rotatable bonds is 11. The zero-order chi connectivity index (χ0) is 23.0. The summed E-state index contributed by atoms with van der Waals surface area (Å²) >= 11 is 0. The monoisotopic (exact) mass is 440 g/mol. The van der Waals surface area contributed by atoms with E-state index < -0.39 is 86.8 Å². The molecule has 0 saturated carbocycles. The van der Waals surface area contributed by atoms with Gasteiger partial charge in [-0.05, 0) is 6.92 Å². The lowest BCUT2D eigenvalue weighted by Gasteiger charge is -2.42. The van der Waals surface area contributed by atoms with Crippen molar-refractivity contribution in [2.24, 2.45) is 0 Å². The summed E-state index contributed by atoms with van der Waals surface area (Å²) in [5.41, 5.74) is 0. The molecule has 0 spiro atoms. The van der Waals surface area contributed by atoms with E-state index in [2.05, 4.69) is 10.6 Å². The molecule has 0 aromatic heterocycles. The molecule has 1 aliphatic heterocycles. The van der Waals surface area contributed by atoms with Crippen LogP contribution < -0.4 is 10.6 Å². The van der Waals surface area contributed by atoms with Crippen LogP contribution in [0.15, 0.2) is 0 Å². The quantitative estimate of drug-likeness (QED) is 0.144. The second-order valence-corrected chi connectivity index (χ2v) is 7.06. The van der Waals surface area contributed by atoms with Gasteiger partial charge in [0.05, 0.1) is 25.9 Å². The molecule has 13 nitrogen and oxygen atoms in total. The minimum atomic E-state index is -1.68. The molecule has 1 rings (SSSR count). The van der Waals surface area contributed by atoms with Crippen LogP contribution >= 0.6 is 0 Å². The fourth-order valence-corrected chi connectivity index (χ4v) is 2.84. The van der Waals surface area contributed by atoms with Crippen LogP contribution in [0.2, 0.25) is 0 Å². The van der Waals surface area contributed by atoms with Gasteiger partial charge in [0.1, 0.15) is 36.5 Å². The maximum atomic E-state index is 11.4. The molecule has 0 bridgehead atoms. The molecule has 0 aliphatic carbocycles. The van der Waals surface area contributed by atoms with Gasteiger partial charge in [0.15, 0.2) is 12.6 Å². The largest absolute Gasteiger partial charge is 0.394 e. The molecule has 0 aromatic carbocycles. The second-order valence-electron chi connectivity index (χ2n) is 7.06. The Hall–Kier alpha value is -1.42. The summed E-state index contributed by atoms with van der Waals surface area (Å²) in [7, 11) is 0. The van der Waals surface area contributed by atoms with E-state index in [1.165, 1.54) is 20.8 Å². The van der Waals surface area contributed by atoms with Gasteiger partial charge in [-0.3, -0.25) is 9.59 Å². The Morgan fingerprint density at radius 3 is 2.20 bits per heavy atom. The van der Waals surface area contributed by atoms with Crippen LogP contribution in [-0.4, -0.2) is 117 Å². The Kier molecular flexibility index (Phi) is 11.0. The molecule has 1 fully saturated rings. The number of nitrogens with one attached hydrogen (secondary N) is 2. The number of carbonyl (C=O) groups excluding carboxylic acids is 2. The Morgan fingerprint density at radius 2 is 1.73 bits per heavy atom. The van der Waals surface area contributed by atoms with Gasteiger partial charge in [-0.25, -0.2) is 0 Å². The van der Waals surface area contributed by atoms with Gasteiger partial charge in [-0.1, -0.05) is 0 Å². The van der Waals surface area contributed by atoms with E-state index in [-0.39, 0.29) is 0 Å². The topological polar surface area (TPSA) is 207 Å². The van der Waals surface area contributed by atoms with Crippen molar-refractivity contribution in [3.8, 4) is 0 Å². The van der Waals surface area contributed by atoms with Gasteiger partial charge in [-0.2, -0.15) is 0 Å². The Balaban J connectivity index is 2.84. The van der Waals surface area contributed by atoms with E-state index in [1.807, 2.05) is 0 Å². The van der Waals surface area contributed by atoms with Crippen LogP contribution in [0.25, 0.3) is 0 Å². The molecular weight excluding hydrogens is 408 g/mol. The van der Waals surface area contributed by atoms with Crippen LogP contribution in [0.4, 0.5) is 0 Å². The van der Waals surface area contributed by atoms with Gasteiger partial charge >= 0.3 is 0 Å². The first-order valence-electron chi connectivity index (χ1n) is 9.42. The Bertz CT molecular complexity index is 550. The first-order chi connectivity index (χ1) is 14.0. The number of hydrogen-bond donors (Lipinski definition) is 8. The average Bonchev–Trinajstić information content (AvgIpc) is 2.67. The Morgan fingerprint density at radius 1 is 1.10 bits per heavy atom. The van der Waals surface area contributed by atoms with E-state index in [4.69, 9.17) is 14.2 Å². The summed E-state index contributed by atoms with van der Waals surface area (Å²) in [5.74, 6) is -1.05.